The summed E-state index contributed by atoms with van der Waals surface area (Å²) < 4.78 is 0. The maximum Gasteiger partial charge on any atom is 0.147 e. The van der Waals surface area contributed by atoms with Gasteiger partial charge in [-0.2, -0.15) is 5.10 Å². The molecule has 5 heteroatoms. The second kappa shape index (κ2) is 4.55. The zero-order chi connectivity index (χ0) is 11.5. The van der Waals surface area contributed by atoms with Gasteiger partial charge in [0.2, 0.25) is 0 Å². The molecule has 4 nitrogen and oxygen atoms in total. The van der Waals surface area contributed by atoms with E-state index in [9.17, 15) is 0 Å². The Kier molecular flexibility index (Phi) is 2.75. The number of fused-ring (bicyclic) bond motifs is 1. The summed E-state index contributed by atoms with van der Waals surface area (Å²) in [7, 11) is 0. The molecule has 0 radical (unpaired) electrons. The lowest BCUT2D eigenvalue weighted by Gasteiger charge is -2.00. The molecule has 1 aromatic carbocycles. The fraction of sp³-hybridized carbons (Fsp3) is 0.0833. The van der Waals surface area contributed by atoms with Gasteiger partial charge in [-0.05, 0) is 5.56 Å². The van der Waals surface area contributed by atoms with Gasteiger partial charge in [0.05, 0.1) is 18.0 Å². The van der Waals surface area contributed by atoms with Crippen LogP contribution in [0.4, 0.5) is 0 Å². The number of hydrogen-bond donors (Lipinski definition) is 1. The molecule has 2 aromatic heterocycles. The molecule has 0 saturated heterocycles. The van der Waals surface area contributed by atoms with Gasteiger partial charge >= 0.3 is 0 Å². The van der Waals surface area contributed by atoms with Gasteiger partial charge in [-0.1, -0.05) is 42.1 Å². The zero-order valence-electron chi connectivity index (χ0n) is 9.00. The Morgan fingerprint density at radius 2 is 2.06 bits per heavy atom. The number of nitrogens with one attached hydrogen (secondary N) is 1. The highest BCUT2D eigenvalue weighted by Gasteiger charge is 2.06. The fourth-order valence-corrected chi connectivity index (χ4v) is 2.48. The molecule has 17 heavy (non-hydrogen) atoms. The van der Waals surface area contributed by atoms with Crippen molar-refractivity contribution in [3.05, 3.63) is 48.4 Å². The number of H-pyrrole nitrogens is 1. The molecule has 0 spiro atoms. The molecular formula is C12H10N4S. The van der Waals surface area contributed by atoms with E-state index in [1.54, 1.807) is 24.3 Å². The van der Waals surface area contributed by atoms with Gasteiger partial charge in [-0.3, -0.25) is 0 Å². The van der Waals surface area contributed by atoms with Crippen LogP contribution in [0.25, 0.3) is 11.0 Å². The standard InChI is InChI=1S/C12H10N4S/c1-2-4-9(5-3-1)7-17-12-11-10(6-15-16-12)13-8-14-11/h1-6,8H,7H2,(H,13,14). The van der Waals surface area contributed by atoms with E-state index in [4.69, 9.17) is 0 Å². The maximum atomic E-state index is 4.25. The molecular weight excluding hydrogens is 232 g/mol. The molecule has 0 aliphatic rings. The average Bonchev–Trinajstić information content (AvgIpc) is 2.86. The third-order valence-electron chi connectivity index (χ3n) is 2.43. The van der Waals surface area contributed by atoms with Crippen LogP contribution >= 0.6 is 11.8 Å². The summed E-state index contributed by atoms with van der Waals surface area (Å²) in [6.07, 6.45) is 3.36. The first-order valence-corrected chi connectivity index (χ1v) is 6.23. The molecule has 0 fully saturated rings. The van der Waals surface area contributed by atoms with Gasteiger partial charge in [0.15, 0.2) is 0 Å². The van der Waals surface area contributed by atoms with Crippen molar-refractivity contribution >= 4 is 22.8 Å². The molecule has 3 aromatic rings. The summed E-state index contributed by atoms with van der Waals surface area (Å²) in [6, 6.07) is 10.3. The highest BCUT2D eigenvalue weighted by molar-refractivity contribution is 7.98. The third-order valence-corrected chi connectivity index (χ3v) is 3.45. The summed E-state index contributed by atoms with van der Waals surface area (Å²) in [5.41, 5.74) is 3.09. The predicted molar refractivity (Wildman–Crippen MR) is 67.7 cm³/mol. The number of hydrogen-bond acceptors (Lipinski definition) is 4. The molecule has 0 bridgehead atoms. The van der Waals surface area contributed by atoms with Crippen LogP contribution in [0.5, 0.6) is 0 Å². The molecule has 0 amide bonds. The Bertz CT molecular complexity index is 620. The SMILES string of the molecule is c1ccc(CSc2nncc3[nH]cnc23)cc1. The topological polar surface area (TPSA) is 54.5 Å². The van der Waals surface area contributed by atoms with Crippen molar-refractivity contribution in [2.45, 2.75) is 10.8 Å². The van der Waals surface area contributed by atoms with E-state index in [0.29, 0.717) is 0 Å². The molecule has 84 valence electrons. The van der Waals surface area contributed by atoms with E-state index in [-0.39, 0.29) is 0 Å². The largest absolute Gasteiger partial charge is 0.343 e. The van der Waals surface area contributed by atoms with Crippen LogP contribution in [0.15, 0.2) is 47.9 Å². The molecule has 3 rings (SSSR count). The number of aromatic amines is 1. The third kappa shape index (κ3) is 2.14. The Hall–Kier alpha value is -1.88. The van der Waals surface area contributed by atoms with Gasteiger partial charge in [-0.25, -0.2) is 4.98 Å². The summed E-state index contributed by atoms with van der Waals surface area (Å²) in [5, 5.41) is 8.95. The Morgan fingerprint density at radius 1 is 1.18 bits per heavy atom. The first-order valence-electron chi connectivity index (χ1n) is 5.25. The number of thioether (sulfide) groups is 1. The number of aromatic nitrogens is 4. The van der Waals surface area contributed by atoms with Crippen LogP contribution in [0.3, 0.4) is 0 Å². The normalized spacial score (nSPS) is 10.8. The van der Waals surface area contributed by atoms with Crippen molar-refractivity contribution in [2.75, 3.05) is 0 Å². The van der Waals surface area contributed by atoms with Crippen LogP contribution in [0, 0.1) is 0 Å². The lowest BCUT2D eigenvalue weighted by molar-refractivity contribution is 0.949. The van der Waals surface area contributed by atoms with Gasteiger partial charge in [0, 0.05) is 5.75 Å². The van der Waals surface area contributed by atoms with E-state index in [1.165, 1.54) is 5.56 Å². The van der Waals surface area contributed by atoms with Gasteiger partial charge in [0.25, 0.3) is 0 Å². The quantitative estimate of drug-likeness (QED) is 0.717. The molecule has 0 aliphatic carbocycles. The van der Waals surface area contributed by atoms with Crippen molar-refractivity contribution in [3.63, 3.8) is 0 Å². The van der Waals surface area contributed by atoms with Crippen molar-refractivity contribution in [2.24, 2.45) is 0 Å². The summed E-state index contributed by atoms with van der Waals surface area (Å²) >= 11 is 1.65. The average molecular weight is 242 g/mol. The van der Waals surface area contributed by atoms with Crippen LogP contribution < -0.4 is 0 Å². The van der Waals surface area contributed by atoms with Crippen molar-refractivity contribution in [3.8, 4) is 0 Å². The van der Waals surface area contributed by atoms with Crippen molar-refractivity contribution in [1.29, 1.82) is 0 Å². The van der Waals surface area contributed by atoms with Gasteiger partial charge < -0.3 is 4.98 Å². The number of benzene rings is 1. The van der Waals surface area contributed by atoms with Crippen LogP contribution in [0.2, 0.25) is 0 Å². The second-order valence-electron chi connectivity index (χ2n) is 3.59. The number of nitrogens with zero attached hydrogens (tertiary/aromatic N) is 3. The van der Waals surface area contributed by atoms with E-state index in [2.05, 4.69) is 32.3 Å². The highest BCUT2D eigenvalue weighted by Crippen LogP contribution is 2.25. The van der Waals surface area contributed by atoms with E-state index >= 15 is 0 Å². The first-order chi connectivity index (χ1) is 8.43. The second-order valence-corrected chi connectivity index (χ2v) is 4.55. The van der Waals surface area contributed by atoms with Crippen LogP contribution in [-0.4, -0.2) is 20.2 Å². The number of rotatable bonds is 3. The van der Waals surface area contributed by atoms with Crippen molar-refractivity contribution < 1.29 is 0 Å². The molecule has 0 atom stereocenters. The van der Waals surface area contributed by atoms with E-state index in [1.807, 2.05) is 18.2 Å². The molecule has 0 saturated carbocycles. The van der Waals surface area contributed by atoms with Crippen LogP contribution in [0.1, 0.15) is 5.56 Å². The minimum atomic E-state index is 0.868. The first kappa shape index (κ1) is 10.3. The summed E-state index contributed by atoms with van der Waals surface area (Å²) in [6.45, 7) is 0. The Labute approximate surface area is 102 Å². The lowest BCUT2D eigenvalue weighted by atomic mass is 10.2. The molecule has 1 N–H and O–H groups in total. The minimum absolute atomic E-state index is 0.868. The maximum absolute atomic E-state index is 4.25. The smallest absolute Gasteiger partial charge is 0.147 e. The lowest BCUT2D eigenvalue weighted by Crippen LogP contribution is -1.88. The molecule has 0 unspecified atom stereocenters. The zero-order valence-corrected chi connectivity index (χ0v) is 9.81. The predicted octanol–water partition coefficient (Wildman–Crippen LogP) is 2.65. The van der Waals surface area contributed by atoms with Crippen LogP contribution in [-0.2, 0) is 5.75 Å². The highest BCUT2D eigenvalue weighted by atomic mass is 32.2. The van der Waals surface area contributed by atoms with Gasteiger partial charge in [0.1, 0.15) is 10.5 Å². The summed E-state index contributed by atoms with van der Waals surface area (Å²) in [5.74, 6) is 0.876. The van der Waals surface area contributed by atoms with E-state index < -0.39 is 0 Å². The van der Waals surface area contributed by atoms with E-state index in [0.717, 1.165) is 21.8 Å². The molecule has 2 heterocycles. The monoisotopic (exact) mass is 242 g/mol. The molecule has 0 aliphatic heterocycles. The summed E-state index contributed by atoms with van der Waals surface area (Å²) in [4.78, 5) is 7.28. The van der Waals surface area contributed by atoms with Gasteiger partial charge in [-0.15, -0.1) is 5.10 Å². The fourth-order valence-electron chi connectivity index (χ4n) is 1.58. The van der Waals surface area contributed by atoms with Crippen molar-refractivity contribution in [1.82, 2.24) is 20.2 Å². The Balaban J connectivity index is 1.84. The minimum Gasteiger partial charge on any atom is -0.343 e. The number of imidazole rings is 1. The Morgan fingerprint density at radius 3 is 2.94 bits per heavy atom.